The van der Waals surface area contributed by atoms with Crippen LogP contribution in [0.1, 0.15) is 26.7 Å². The molecule has 1 fully saturated rings. The summed E-state index contributed by atoms with van der Waals surface area (Å²) >= 11 is 1.45. The molecule has 0 radical (unpaired) electrons. The summed E-state index contributed by atoms with van der Waals surface area (Å²) in [4.78, 5) is 6.49. The van der Waals surface area contributed by atoms with Crippen molar-refractivity contribution in [2.45, 2.75) is 62.6 Å². The number of amidine groups is 1. The predicted molar refractivity (Wildman–Crippen MR) is 78.7 cm³/mol. The van der Waals surface area contributed by atoms with Crippen LogP contribution in [0, 0.1) is 0 Å². The van der Waals surface area contributed by atoms with Crippen molar-refractivity contribution >= 4 is 16.9 Å². The molecular formula is C13H24N2O4S. The standard InChI is InChI=1S/C13H24N2O4S/c1-4-6-15(3)13-14-8-9(17)10(18)11(7(16)5-2)19-12(8)20-13/h7-12,16-18H,4-6H2,1-3H3/t7-,8-,9-,10+,11-,12-/m1/s1. The first-order valence-electron chi connectivity index (χ1n) is 7.14. The minimum absolute atomic E-state index is 0.339. The summed E-state index contributed by atoms with van der Waals surface area (Å²) in [5.41, 5.74) is -0.339. The van der Waals surface area contributed by atoms with Crippen LogP contribution >= 0.6 is 11.8 Å². The number of fused-ring (bicyclic) bond motifs is 1. The zero-order chi connectivity index (χ0) is 14.9. The fraction of sp³-hybridized carbons (Fsp3) is 0.923. The SMILES string of the molecule is CCCN(C)C1=N[C@@H]2[C@@H](O)[C@H](O)[C@@H]([C@H](O)CC)O[C@@H]2S1. The highest BCUT2D eigenvalue weighted by Crippen LogP contribution is 2.38. The fourth-order valence-electron chi connectivity index (χ4n) is 2.54. The lowest BCUT2D eigenvalue weighted by Gasteiger charge is -2.40. The molecule has 0 aromatic heterocycles. The van der Waals surface area contributed by atoms with Crippen molar-refractivity contribution in [3.05, 3.63) is 0 Å². The molecule has 20 heavy (non-hydrogen) atoms. The lowest BCUT2D eigenvalue weighted by atomic mass is 9.94. The third kappa shape index (κ3) is 2.96. The van der Waals surface area contributed by atoms with E-state index in [4.69, 9.17) is 4.74 Å². The lowest BCUT2D eigenvalue weighted by molar-refractivity contribution is -0.185. The molecule has 2 rings (SSSR count). The quantitative estimate of drug-likeness (QED) is 0.679. The molecule has 6 atom stereocenters. The van der Waals surface area contributed by atoms with Crippen LogP contribution in [0.5, 0.6) is 0 Å². The van der Waals surface area contributed by atoms with Crippen molar-refractivity contribution in [3.63, 3.8) is 0 Å². The van der Waals surface area contributed by atoms with Gasteiger partial charge in [-0.1, -0.05) is 25.6 Å². The Hall–Kier alpha value is -0.340. The maximum atomic E-state index is 10.2. The molecule has 7 heteroatoms. The van der Waals surface area contributed by atoms with E-state index in [1.807, 2.05) is 18.9 Å². The molecule has 0 spiro atoms. The second-order valence-corrected chi connectivity index (χ2v) is 6.43. The van der Waals surface area contributed by atoms with Gasteiger partial charge in [0.1, 0.15) is 29.8 Å². The van der Waals surface area contributed by atoms with Gasteiger partial charge >= 0.3 is 0 Å². The van der Waals surface area contributed by atoms with E-state index in [0.717, 1.165) is 18.1 Å². The summed E-state index contributed by atoms with van der Waals surface area (Å²) in [6.45, 7) is 4.79. The number of ether oxygens (including phenoxy) is 1. The van der Waals surface area contributed by atoms with Gasteiger partial charge in [-0.3, -0.25) is 4.99 Å². The zero-order valence-electron chi connectivity index (χ0n) is 12.1. The maximum absolute atomic E-state index is 10.2. The minimum Gasteiger partial charge on any atom is -0.390 e. The molecule has 116 valence electrons. The lowest BCUT2D eigenvalue weighted by Crippen LogP contribution is -2.58. The van der Waals surface area contributed by atoms with Gasteiger partial charge in [-0.25, -0.2) is 0 Å². The van der Waals surface area contributed by atoms with Crippen molar-refractivity contribution in [2.75, 3.05) is 13.6 Å². The van der Waals surface area contributed by atoms with E-state index in [-0.39, 0.29) is 5.44 Å². The number of thioether (sulfide) groups is 1. The Kier molecular flexibility index (Phi) is 5.30. The van der Waals surface area contributed by atoms with Gasteiger partial charge < -0.3 is 25.0 Å². The third-order valence-electron chi connectivity index (χ3n) is 3.77. The van der Waals surface area contributed by atoms with Gasteiger partial charge in [-0.05, 0) is 12.8 Å². The van der Waals surface area contributed by atoms with Crippen LogP contribution in [0.2, 0.25) is 0 Å². The summed E-state index contributed by atoms with van der Waals surface area (Å²) in [6, 6.07) is -0.468. The molecule has 0 aromatic rings. The summed E-state index contributed by atoms with van der Waals surface area (Å²) in [6.07, 6.45) is -2.16. The van der Waals surface area contributed by atoms with Gasteiger partial charge in [-0.15, -0.1) is 0 Å². The van der Waals surface area contributed by atoms with Gasteiger partial charge in [0.05, 0.1) is 6.10 Å². The van der Waals surface area contributed by atoms with Crippen LogP contribution < -0.4 is 0 Å². The molecule has 0 saturated carbocycles. The van der Waals surface area contributed by atoms with Crippen LogP contribution in [0.4, 0.5) is 0 Å². The second kappa shape index (κ2) is 6.62. The first-order chi connectivity index (χ1) is 9.49. The molecular weight excluding hydrogens is 280 g/mol. The van der Waals surface area contributed by atoms with Crippen LogP contribution in [0.3, 0.4) is 0 Å². The molecule has 2 heterocycles. The molecule has 2 aliphatic heterocycles. The Morgan fingerprint density at radius 2 is 2.05 bits per heavy atom. The van der Waals surface area contributed by atoms with Crippen molar-refractivity contribution in [2.24, 2.45) is 4.99 Å². The largest absolute Gasteiger partial charge is 0.390 e. The molecule has 1 saturated heterocycles. The third-order valence-corrected chi connectivity index (χ3v) is 5.02. The molecule has 6 nitrogen and oxygen atoms in total. The van der Waals surface area contributed by atoms with Gasteiger partial charge in [0, 0.05) is 13.6 Å². The maximum Gasteiger partial charge on any atom is 0.162 e. The highest BCUT2D eigenvalue weighted by Gasteiger charge is 2.50. The molecule has 2 aliphatic rings. The molecule has 0 aromatic carbocycles. The van der Waals surface area contributed by atoms with E-state index < -0.39 is 30.5 Å². The minimum atomic E-state index is -1.11. The Morgan fingerprint density at radius 1 is 1.35 bits per heavy atom. The molecule has 0 amide bonds. The van der Waals surface area contributed by atoms with Crippen molar-refractivity contribution in [3.8, 4) is 0 Å². The summed E-state index contributed by atoms with van der Waals surface area (Å²) < 4.78 is 5.77. The Labute approximate surface area is 123 Å². The predicted octanol–water partition coefficient (Wildman–Crippen LogP) is 0.0172. The normalized spacial score (nSPS) is 38.3. The topological polar surface area (TPSA) is 85.5 Å². The number of rotatable bonds is 4. The van der Waals surface area contributed by atoms with Crippen molar-refractivity contribution in [1.82, 2.24) is 4.90 Å². The average molecular weight is 304 g/mol. The van der Waals surface area contributed by atoms with E-state index in [0.29, 0.717) is 6.42 Å². The van der Waals surface area contributed by atoms with E-state index in [9.17, 15) is 15.3 Å². The van der Waals surface area contributed by atoms with Gasteiger partial charge in [0.15, 0.2) is 5.17 Å². The van der Waals surface area contributed by atoms with Crippen molar-refractivity contribution < 1.29 is 20.1 Å². The van der Waals surface area contributed by atoms with Gasteiger partial charge in [0.2, 0.25) is 0 Å². The van der Waals surface area contributed by atoms with Crippen LogP contribution in [-0.4, -0.2) is 74.9 Å². The first-order valence-corrected chi connectivity index (χ1v) is 8.02. The Bertz CT molecular complexity index is 368. The van der Waals surface area contributed by atoms with E-state index in [1.54, 1.807) is 0 Å². The number of nitrogens with zero attached hydrogens (tertiary/aromatic N) is 2. The summed E-state index contributed by atoms with van der Waals surface area (Å²) in [5.74, 6) is 0. The highest BCUT2D eigenvalue weighted by molar-refractivity contribution is 8.14. The number of aliphatic hydroxyl groups is 3. The van der Waals surface area contributed by atoms with Gasteiger partial charge in [0.25, 0.3) is 0 Å². The summed E-state index contributed by atoms with van der Waals surface area (Å²) in [5, 5.41) is 31.0. The van der Waals surface area contributed by atoms with Crippen LogP contribution in [-0.2, 0) is 4.74 Å². The van der Waals surface area contributed by atoms with E-state index in [2.05, 4.69) is 11.9 Å². The van der Waals surface area contributed by atoms with Crippen molar-refractivity contribution in [1.29, 1.82) is 0 Å². The van der Waals surface area contributed by atoms with E-state index >= 15 is 0 Å². The van der Waals surface area contributed by atoms with E-state index in [1.165, 1.54) is 11.8 Å². The Morgan fingerprint density at radius 3 is 2.65 bits per heavy atom. The summed E-state index contributed by atoms with van der Waals surface area (Å²) in [7, 11) is 1.95. The van der Waals surface area contributed by atoms with Crippen LogP contribution in [0.15, 0.2) is 4.99 Å². The zero-order valence-corrected chi connectivity index (χ0v) is 13.0. The highest BCUT2D eigenvalue weighted by atomic mass is 32.2. The number of aliphatic hydroxyl groups excluding tert-OH is 3. The molecule has 0 bridgehead atoms. The molecule has 0 aliphatic carbocycles. The number of hydrogen-bond donors (Lipinski definition) is 3. The first kappa shape index (κ1) is 16.0. The fourth-order valence-corrected chi connectivity index (χ4v) is 3.75. The molecule has 3 N–H and O–H groups in total. The molecule has 0 unspecified atom stereocenters. The Balaban J connectivity index is 2.09. The second-order valence-electron chi connectivity index (χ2n) is 5.37. The monoisotopic (exact) mass is 304 g/mol. The number of hydrogen-bond acceptors (Lipinski definition) is 7. The van der Waals surface area contributed by atoms with Gasteiger partial charge in [-0.2, -0.15) is 0 Å². The smallest absolute Gasteiger partial charge is 0.162 e. The number of aliphatic imine (C=N–C) groups is 1. The average Bonchev–Trinajstić information content (AvgIpc) is 2.86. The van der Waals surface area contributed by atoms with Crippen LogP contribution in [0.25, 0.3) is 0 Å².